The maximum absolute atomic E-state index is 12.5. The molecule has 0 saturated carbocycles. The molecule has 1 amide bonds. The predicted molar refractivity (Wildman–Crippen MR) is 105 cm³/mol. The van der Waals surface area contributed by atoms with E-state index in [1.54, 1.807) is 24.3 Å². The lowest BCUT2D eigenvalue weighted by atomic mass is 10.1. The number of halogens is 1. The summed E-state index contributed by atoms with van der Waals surface area (Å²) in [4.78, 5) is 24.5. The number of benzene rings is 2. The van der Waals surface area contributed by atoms with Gasteiger partial charge in [0.2, 0.25) is 5.76 Å². The lowest BCUT2D eigenvalue weighted by molar-refractivity contribution is -0.119. The molecular formula is C20H18BrNO5. The van der Waals surface area contributed by atoms with Crippen LogP contribution in [0, 0.1) is 0 Å². The number of nitrogens with one attached hydrogen (secondary N) is 1. The minimum atomic E-state index is -0.705. The van der Waals surface area contributed by atoms with Crippen LogP contribution in [0.4, 0.5) is 5.69 Å². The van der Waals surface area contributed by atoms with Gasteiger partial charge in [-0.25, -0.2) is 4.79 Å². The minimum Gasteiger partial charge on any atom is -0.450 e. The third kappa shape index (κ3) is 4.56. The second-order valence-corrected chi connectivity index (χ2v) is 6.50. The monoisotopic (exact) mass is 431 g/mol. The van der Waals surface area contributed by atoms with Crippen LogP contribution in [0.1, 0.15) is 23.0 Å². The SMILES string of the molecule is CCOCc1c(C(=O)OCC(=O)Nc2ccccc2Br)oc2ccccc12. The lowest BCUT2D eigenvalue weighted by Gasteiger charge is -2.08. The van der Waals surface area contributed by atoms with Crippen molar-refractivity contribution in [3.8, 4) is 0 Å². The maximum Gasteiger partial charge on any atom is 0.375 e. The standard InChI is InChI=1S/C20H18BrNO5/c1-2-25-11-14-13-7-3-6-10-17(13)27-19(14)20(24)26-12-18(23)22-16-9-5-4-8-15(16)21/h3-10H,2,11-12H2,1H3,(H,22,23). The average molecular weight is 432 g/mol. The zero-order chi connectivity index (χ0) is 19.2. The second kappa shape index (κ2) is 8.83. The molecule has 0 bridgehead atoms. The van der Waals surface area contributed by atoms with Gasteiger partial charge < -0.3 is 19.2 Å². The van der Waals surface area contributed by atoms with Crippen molar-refractivity contribution in [1.82, 2.24) is 0 Å². The number of carbonyl (C=O) groups is 2. The van der Waals surface area contributed by atoms with Crippen molar-refractivity contribution in [2.45, 2.75) is 13.5 Å². The maximum atomic E-state index is 12.5. The first-order valence-electron chi connectivity index (χ1n) is 8.39. The zero-order valence-corrected chi connectivity index (χ0v) is 16.2. The number of furan rings is 1. The topological polar surface area (TPSA) is 77.8 Å². The highest BCUT2D eigenvalue weighted by atomic mass is 79.9. The van der Waals surface area contributed by atoms with Gasteiger partial charge in [-0.05, 0) is 41.1 Å². The van der Waals surface area contributed by atoms with Crippen LogP contribution in [-0.4, -0.2) is 25.1 Å². The fourth-order valence-corrected chi connectivity index (χ4v) is 2.94. The summed E-state index contributed by atoms with van der Waals surface area (Å²) in [7, 11) is 0. The Morgan fingerprint density at radius 1 is 1.11 bits per heavy atom. The largest absolute Gasteiger partial charge is 0.450 e. The van der Waals surface area contributed by atoms with Crippen molar-refractivity contribution in [3.63, 3.8) is 0 Å². The molecule has 0 saturated heterocycles. The van der Waals surface area contributed by atoms with E-state index in [4.69, 9.17) is 13.9 Å². The van der Waals surface area contributed by atoms with E-state index < -0.39 is 18.5 Å². The van der Waals surface area contributed by atoms with Gasteiger partial charge in [-0.15, -0.1) is 0 Å². The van der Waals surface area contributed by atoms with Gasteiger partial charge in [-0.2, -0.15) is 0 Å². The highest BCUT2D eigenvalue weighted by Crippen LogP contribution is 2.27. The van der Waals surface area contributed by atoms with Gasteiger partial charge in [-0.1, -0.05) is 30.3 Å². The summed E-state index contributed by atoms with van der Waals surface area (Å²) in [6, 6.07) is 14.5. The Labute approximate surface area is 164 Å². The van der Waals surface area contributed by atoms with E-state index >= 15 is 0 Å². The molecule has 1 N–H and O–H groups in total. The summed E-state index contributed by atoms with van der Waals surface area (Å²) < 4.78 is 16.9. The van der Waals surface area contributed by atoms with Gasteiger partial charge >= 0.3 is 5.97 Å². The fraction of sp³-hybridized carbons (Fsp3) is 0.200. The molecule has 0 spiro atoms. The molecule has 7 heteroatoms. The van der Waals surface area contributed by atoms with Crippen LogP contribution in [0.2, 0.25) is 0 Å². The molecule has 3 rings (SSSR count). The number of amides is 1. The summed E-state index contributed by atoms with van der Waals surface area (Å²) in [5.74, 6) is -1.10. The van der Waals surface area contributed by atoms with E-state index in [0.29, 0.717) is 23.4 Å². The molecule has 0 aliphatic rings. The van der Waals surface area contributed by atoms with Gasteiger partial charge in [0.25, 0.3) is 5.91 Å². The first kappa shape index (κ1) is 19.1. The number of anilines is 1. The Hall–Kier alpha value is -2.64. The van der Waals surface area contributed by atoms with E-state index in [9.17, 15) is 9.59 Å². The van der Waals surface area contributed by atoms with E-state index in [0.717, 1.165) is 9.86 Å². The van der Waals surface area contributed by atoms with Crippen molar-refractivity contribution < 1.29 is 23.5 Å². The van der Waals surface area contributed by atoms with E-state index in [2.05, 4.69) is 21.2 Å². The van der Waals surface area contributed by atoms with Gasteiger partial charge in [0, 0.05) is 22.0 Å². The number of rotatable bonds is 7. The molecule has 0 aliphatic heterocycles. The van der Waals surface area contributed by atoms with Gasteiger partial charge in [-0.3, -0.25) is 4.79 Å². The predicted octanol–water partition coefficient (Wildman–Crippen LogP) is 4.53. The molecule has 0 unspecified atom stereocenters. The summed E-state index contributed by atoms with van der Waals surface area (Å²) >= 11 is 3.34. The van der Waals surface area contributed by atoms with Gasteiger partial charge in [0.05, 0.1) is 12.3 Å². The molecule has 1 heterocycles. The summed E-state index contributed by atoms with van der Waals surface area (Å²) in [6.45, 7) is 2.17. The fourth-order valence-electron chi connectivity index (χ4n) is 2.56. The number of ether oxygens (including phenoxy) is 2. The average Bonchev–Trinajstić information content (AvgIpc) is 3.05. The number of esters is 1. The van der Waals surface area contributed by atoms with Crippen LogP contribution in [-0.2, 0) is 20.9 Å². The highest BCUT2D eigenvalue weighted by molar-refractivity contribution is 9.10. The molecule has 0 radical (unpaired) electrons. The highest BCUT2D eigenvalue weighted by Gasteiger charge is 2.22. The van der Waals surface area contributed by atoms with Crippen LogP contribution in [0.5, 0.6) is 0 Å². The molecule has 1 aromatic heterocycles. The first-order chi connectivity index (χ1) is 13.1. The van der Waals surface area contributed by atoms with Gasteiger partial charge in [0.15, 0.2) is 6.61 Å². The third-order valence-corrected chi connectivity index (χ3v) is 4.51. The van der Waals surface area contributed by atoms with Crippen LogP contribution < -0.4 is 5.32 Å². The minimum absolute atomic E-state index is 0.0540. The number of para-hydroxylation sites is 2. The molecular weight excluding hydrogens is 414 g/mol. The smallest absolute Gasteiger partial charge is 0.375 e. The summed E-state index contributed by atoms with van der Waals surface area (Å²) in [5.41, 5.74) is 1.78. The summed E-state index contributed by atoms with van der Waals surface area (Å²) in [5, 5.41) is 3.46. The van der Waals surface area contributed by atoms with Crippen molar-refractivity contribution in [3.05, 3.63) is 64.3 Å². The molecule has 0 atom stereocenters. The van der Waals surface area contributed by atoms with Crippen LogP contribution >= 0.6 is 15.9 Å². The molecule has 140 valence electrons. The Morgan fingerprint density at radius 2 is 1.85 bits per heavy atom. The van der Waals surface area contributed by atoms with Gasteiger partial charge in [0.1, 0.15) is 5.58 Å². The third-order valence-electron chi connectivity index (χ3n) is 3.82. The normalized spacial score (nSPS) is 10.7. The Morgan fingerprint density at radius 3 is 2.63 bits per heavy atom. The number of carbonyl (C=O) groups excluding carboxylic acids is 2. The van der Waals surface area contributed by atoms with Crippen LogP contribution in [0.15, 0.2) is 57.4 Å². The number of hydrogen-bond acceptors (Lipinski definition) is 5. The molecule has 6 nitrogen and oxygen atoms in total. The molecule has 0 fully saturated rings. The van der Waals surface area contributed by atoms with Crippen molar-refractivity contribution in [1.29, 1.82) is 0 Å². The molecule has 27 heavy (non-hydrogen) atoms. The Balaban J connectivity index is 1.70. The Bertz CT molecular complexity index is 966. The first-order valence-corrected chi connectivity index (χ1v) is 9.19. The number of hydrogen-bond donors (Lipinski definition) is 1. The second-order valence-electron chi connectivity index (χ2n) is 5.65. The van der Waals surface area contributed by atoms with E-state index in [1.807, 2.05) is 31.2 Å². The summed E-state index contributed by atoms with van der Waals surface area (Å²) in [6.07, 6.45) is 0. The van der Waals surface area contributed by atoms with Crippen LogP contribution in [0.25, 0.3) is 11.0 Å². The van der Waals surface area contributed by atoms with Crippen molar-refractivity contribution in [2.24, 2.45) is 0 Å². The van der Waals surface area contributed by atoms with E-state index in [-0.39, 0.29) is 12.4 Å². The molecule has 3 aromatic rings. The van der Waals surface area contributed by atoms with Crippen molar-refractivity contribution >= 4 is 44.5 Å². The molecule has 0 aliphatic carbocycles. The van der Waals surface area contributed by atoms with E-state index in [1.165, 1.54) is 0 Å². The Kier molecular flexibility index (Phi) is 6.26. The van der Waals surface area contributed by atoms with Crippen LogP contribution in [0.3, 0.4) is 0 Å². The van der Waals surface area contributed by atoms with Crippen molar-refractivity contribution in [2.75, 3.05) is 18.5 Å². The zero-order valence-electron chi connectivity index (χ0n) is 14.7. The lowest BCUT2D eigenvalue weighted by Crippen LogP contribution is -2.21. The number of fused-ring (bicyclic) bond motifs is 1. The molecule has 2 aromatic carbocycles. The quantitative estimate of drug-likeness (QED) is 0.556.